The summed E-state index contributed by atoms with van der Waals surface area (Å²) < 4.78 is 19.3. The van der Waals surface area contributed by atoms with Gasteiger partial charge in [0, 0.05) is 44.4 Å². The summed E-state index contributed by atoms with van der Waals surface area (Å²) >= 11 is 0. The number of benzene rings is 2. The van der Waals surface area contributed by atoms with E-state index in [2.05, 4.69) is 20.9 Å². The van der Waals surface area contributed by atoms with Gasteiger partial charge < -0.3 is 20.7 Å². The molecule has 30 heavy (non-hydrogen) atoms. The molecule has 3 N–H and O–H groups in total. The van der Waals surface area contributed by atoms with E-state index >= 15 is 0 Å². The van der Waals surface area contributed by atoms with Crippen LogP contribution in [0.3, 0.4) is 0 Å². The molecule has 162 valence electrons. The lowest BCUT2D eigenvalue weighted by Crippen LogP contribution is -2.36. The molecule has 0 aliphatic carbocycles. The van der Waals surface area contributed by atoms with E-state index in [1.807, 2.05) is 18.2 Å². The standard InChI is InChI=1S/C22H27FN4O2.HI/c1-24-22(27-14-18-7-2-3-10-20(18)23)26-13-16-6-4-8-17(12-16)21(28)25-15-19-9-5-11-29-19;/h2-4,6-8,10,12,19H,5,9,11,13-15H2,1H3,(H,25,28)(H2,24,26,27);1H. The molecule has 1 unspecified atom stereocenters. The molecular formula is C22H28FIN4O2. The summed E-state index contributed by atoms with van der Waals surface area (Å²) in [6.07, 6.45) is 2.16. The monoisotopic (exact) mass is 526 g/mol. The number of hydrogen-bond acceptors (Lipinski definition) is 3. The van der Waals surface area contributed by atoms with Crippen molar-refractivity contribution in [3.63, 3.8) is 0 Å². The molecule has 6 nitrogen and oxygen atoms in total. The lowest BCUT2D eigenvalue weighted by atomic mass is 10.1. The Labute approximate surface area is 193 Å². The molecule has 1 aliphatic rings. The topological polar surface area (TPSA) is 74.8 Å². The lowest BCUT2D eigenvalue weighted by Gasteiger charge is -2.13. The van der Waals surface area contributed by atoms with Crippen molar-refractivity contribution in [2.75, 3.05) is 20.2 Å². The quantitative estimate of drug-likeness (QED) is 0.295. The molecule has 1 atom stereocenters. The first-order valence-electron chi connectivity index (χ1n) is 9.82. The molecule has 1 amide bonds. The zero-order valence-electron chi connectivity index (χ0n) is 17.0. The maximum absolute atomic E-state index is 13.7. The third-order valence-corrected chi connectivity index (χ3v) is 4.79. The fourth-order valence-corrected chi connectivity index (χ4v) is 3.16. The first kappa shape index (κ1) is 24.1. The molecule has 2 aromatic rings. The Hall–Kier alpha value is -2.20. The van der Waals surface area contributed by atoms with Gasteiger partial charge in [-0.15, -0.1) is 24.0 Å². The van der Waals surface area contributed by atoms with Crippen molar-refractivity contribution in [3.8, 4) is 0 Å². The Balaban J connectivity index is 0.00000320. The largest absolute Gasteiger partial charge is 0.376 e. The summed E-state index contributed by atoms with van der Waals surface area (Å²) in [5, 5.41) is 9.21. The van der Waals surface area contributed by atoms with E-state index in [-0.39, 0.29) is 41.8 Å². The number of nitrogens with one attached hydrogen (secondary N) is 3. The van der Waals surface area contributed by atoms with Crippen LogP contribution >= 0.6 is 24.0 Å². The predicted molar refractivity (Wildman–Crippen MR) is 127 cm³/mol. The van der Waals surface area contributed by atoms with Gasteiger partial charge in [-0.25, -0.2) is 4.39 Å². The van der Waals surface area contributed by atoms with Crippen molar-refractivity contribution in [1.82, 2.24) is 16.0 Å². The van der Waals surface area contributed by atoms with Gasteiger partial charge in [-0.3, -0.25) is 9.79 Å². The van der Waals surface area contributed by atoms with Crippen molar-refractivity contribution in [2.24, 2.45) is 4.99 Å². The smallest absolute Gasteiger partial charge is 0.251 e. The van der Waals surface area contributed by atoms with Crippen LogP contribution in [0, 0.1) is 5.82 Å². The predicted octanol–water partition coefficient (Wildman–Crippen LogP) is 3.22. The van der Waals surface area contributed by atoms with Crippen LogP contribution in [-0.4, -0.2) is 38.2 Å². The van der Waals surface area contributed by atoms with Crippen LogP contribution in [0.4, 0.5) is 4.39 Å². The molecule has 1 heterocycles. The Morgan fingerprint density at radius 2 is 1.93 bits per heavy atom. The maximum Gasteiger partial charge on any atom is 0.251 e. The van der Waals surface area contributed by atoms with Crippen LogP contribution in [0.25, 0.3) is 0 Å². The number of ether oxygens (including phenoxy) is 1. The number of halogens is 2. The number of rotatable bonds is 7. The summed E-state index contributed by atoms with van der Waals surface area (Å²) in [5.74, 6) is 0.197. The molecule has 1 fully saturated rings. The lowest BCUT2D eigenvalue weighted by molar-refractivity contribution is 0.0857. The summed E-state index contributed by atoms with van der Waals surface area (Å²) in [6, 6.07) is 14.1. The number of hydrogen-bond donors (Lipinski definition) is 3. The van der Waals surface area contributed by atoms with Crippen LogP contribution < -0.4 is 16.0 Å². The number of amides is 1. The first-order chi connectivity index (χ1) is 14.2. The second-order valence-electron chi connectivity index (χ2n) is 6.92. The molecule has 1 saturated heterocycles. The zero-order valence-corrected chi connectivity index (χ0v) is 19.3. The van der Waals surface area contributed by atoms with E-state index in [9.17, 15) is 9.18 Å². The van der Waals surface area contributed by atoms with Crippen molar-refractivity contribution in [3.05, 3.63) is 71.0 Å². The molecular weight excluding hydrogens is 498 g/mol. The Morgan fingerprint density at radius 1 is 1.13 bits per heavy atom. The number of guanidine groups is 1. The van der Waals surface area contributed by atoms with E-state index < -0.39 is 0 Å². The average molecular weight is 526 g/mol. The average Bonchev–Trinajstić information content (AvgIpc) is 3.27. The fraction of sp³-hybridized carbons (Fsp3) is 0.364. The summed E-state index contributed by atoms with van der Waals surface area (Å²) in [7, 11) is 1.66. The minimum Gasteiger partial charge on any atom is -0.376 e. The first-order valence-corrected chi connectivity index (χ1v) is 9.82. The maximum atomic E-state index is 13.7. The van der Waals surface area contributed by atoms with Gasteiger partial charge in [-0.2, -0.15) is 0 Å². The number of nitrogens with zero attached hydrogens (tertiary/aromatic N) is 1. The van der Waals surface area contributed by atoms with Crippen molar-refractivity contribution in [2.45, 2.75) is 32.0 Å². The molecule has 8 heteroatoms. The van der Waals surface area contributed by atoms with Gasteiger partial charge in [0.15, 0.2) is 5.96 Å². The van der Waals surface area contributed by atoms with Crippen molar-refractivity contribution < 1.29 is 13.9 Å². The van der Waals surface area contributed by atoms with E-state index in [1.165, 1.54) is 6.07 Å². The highest BCUT2D eigenvalue weighted by Gasteiger charge is 2.16. The van der Waals surface area contributed by atoms with Gasteiger partial charge >= 0.3 is 0 Å². The molecule has 1 aliphatic heterocycles. The van der Waals surface area contributed by atoms with Gasteiger partial charge in [0.05, 0.1) is 6.10 Å². The third kappa shape index (κ3) is 7.24. The summed E-state index contributed by atoms with van der Waals surface area (Å²) in [6.45, 7) is 2.13. The highest BCUT2D eigenvalue weighted by Crippen LogP contribution is 2.11. The summed E-state index contributed by atoms with van der Waals surface area (Å²) in [5.41, 5.74) is 2.13. The highest BCUT2D eigenvalue weighted by molar-refractivity contribution is 14.0. The van der Waals surface area contributed by atoms with E-state index in [4.69, 9.17) is 4.74 Å². The number of aliphatic imine (C=N–C) groups is 1. The SMILES string of the molecule is CN=C(NCc1cccc(C(=O)NCC2CCCO2)c1)NCc1ccccc1F.I. The van der Waals surface area contributed by atoms with E-state index in [0.29, 0.717) is 36.7 Å². The second kappa shape index (κ2) is 12.5. The van der Waals surface area contributed by atoms with Crippen molar-refractivity contribution in [1.29, 1.82) is 0 Å². The normalized spacial score (nSPS) is 15.9. The fourth-order valence-electron chi connectivity index (χ4n) is 3.16. The van der Waals surface area contributed by atoms with Crippen molar-refractivity contribution >= 4 is 35.8 Å². The van der Waals surface area contributed by atoms with Gasteiger partial charge in [-0.1, -0.05) is 30.3 Å². The Kier molecular flexibility index (Phi) is 10.0. The Bertz CT molecular complexity index is 857. The van der Waals surface area contributed by atoms with Gasteiger partial charge in [-0.05, 0) is 36.6 Å². The van der Waals surface area contributed by atoms with Crippen LogP contribution in [0.2, 0.25) is 0 Å². The van der Waals surface area contributed by atoms with Crippen LogP contribution in [0.15, 0.2) is 53.5 Å². The van der Waals surface area contributed by atoms with Crippen LogP contribution in [0.5, 0.6) is 0 Å². The number of carbonyl (C=O) groups is 1. The van der Waals surface area contributed by atoms with Crippen LogP contribution in [-0.2, 0) is 17.8 Å². The molecule has 3 rings (SSSR count). The Morgan fingerprint density at radius 3 is 2.67 bits per heavy atom. The van der Waals surface area contributed by atoms with E-state index in [0.717, 1.165) is 25.0 Å². The molecule has 0 spiro atoms. The van der Waals surface area contributed by atoms with Gasteiger partial charge in [0.25, 0.3) is 5.91 Å². The van der Waals surface area contributed by atoms with Gasteiger partial charge in [0.1, 0.15) is 5.82 Å². The second-order valence-corrected chi connectivity index (χ2v) is 6.92. The minimum atomic E-state index is -0.253. The summed E-state index contributed by atoms with van der Waals surface area (Å²) in [4.78, 5) is 16.5. The van der Waals surface area contributed by atoms with Gasteiger partial charge in [0.2, 0.25) is 0 Å². The molecule has 0 radical (unpaired) electrons. The molecule has 0 saturated carbocycles. The minimum absolute atomic E-state index is 0. The highest BCUT2D eigenvalue weighted by atomic mass is 127. The van der Waals surface area contributed by atoms with Crippen LogP contribution in [0.1, 0.15) is 34.3 Å². The molecule has 0 bridgehead atoms. The third-order valence-electron chi connectivity index (χ3n) is 4.79. The zero-order chi connectivity index (χ0) is 20.5. The van der Waals surface area contributed by atoms with E-state index in [1.54, 1.807) is 31.3 Å². The molecule has 2 aromatic carbocycles. The number of carbonyl (C=O) groups excluding carboxylic acids is 1. The molecule has 0 aromatic heterocycles.